The molecule has 1 aliphatic rings. The van der Waals surface area contributed by atoms with E-state index >= 15 is 0 Å². The van der Waals surface area contributed by atoms with Crippen LogP contribution in [0.4, 0.5) is 5.69 Å². The Bertz CT molecular complexity index is 1490. The van der Waals surface area contributed by atoms with Crippen molar-refractivity contribution in [1.82, 2.24) is 0 Å². The summed E-state index contributed by atoms with van der Waals surface area (Å²) in [7, 11) is 0. The normalized spacial score (nSPS) is 13.1. The number of anilines is 1. The fourth-order valence-electron chi connectivity index (χ4n) is 4.38. The quantitative estimate of drug-likeness (QED) is 0.425. The van der Waals surface area contributed by atoms with E-state index in [0.717, 1.165) is 21.9 Å². The second-order valence-electron chi connectivity index (χ2n) is 9.46. The third-order valence-electron chi connectivity index (χ3n) is 6.08. The van der Waals surface area contributed by atoms with E-state index in [4.69, 9.17) is 18.3 Å². The number of carbonyl (C=O) groups is 1. The third kappa shape index (κ3) is 3.53. The zero-order chi connectivity index (χ0) is 23.5. The van der Waals surface area contributed by atoms with Crippen molar-refractivity contribution in [1.29, 1.82) is 0 Å². The molecule has 2 aromatic heterocycles. The van der Waals surface area contributed by atoms with Gasteiger partial charge in [-0.25, -0.2) is 4.79 Å². The molecule has 4 aromatic rings. The molecule has 0 bridgehead atoms. The maximum absolute atomic E-state index is 12.8. The third-order valence-corrected chi connectivity index (χ3v) is 6.08. The molecule has 0 radical (unpaired) electrons. The first-order chi connectivity index (χ1) is 15.6. The highest BCUT2D eigenvalue weighted by atomic mass is 16.7. The highest BCUT2D eigenvalue weighted by molar-refractivity contribution is 6.07. The maximum Gasteiger partial charge on any atom is 0.340 e. The Morgan fingerprint density at radius 1 is 1.06 bits per heavy atom. The molecule has 3 heterocycles. The van der Waals surface area contributed by atoms with Gasteiger partial charge < -0.3 is 23.6 Å². The van der Waals surface area contributed by atoms with Crippen LogP contribution in [0.5, 0.6) is 11.5 Å². The van der Waals surface area contributed by atoms with E-state index in [0.29, 0.717) is 39.5 Å². The van der Waals surface area contributed by atoms with Crippen molar-refractivity contribution in [2.75, 3.05) is 12.1 Å². The first-order valence-electron chi connectivity index (χ1n) is 10.8. The monoisotopic (exact) mass is 447 g/mol. The van der Waals surface area contributed by atoms with Crippen LogP contribution in [-0.2, 0) is 16.6 Å². The summed E-state index contributed by atoms with van der Waals surface area (Å²) in [5.41, 5.74) is 4.11. The highest BCUT2D eigenvalue weighted by Crippen LogP contribution is 2.39. The van der Waals surface area contributed by atoms with E-state index in [1.807, 2.05) is 19.9 Å². The Morgan fingerprint density at radius 2 is 1.82 bits per heavy atom. The minimum Gasteiger partial charge on any atom is -0.463 e. The van der Waals surface area contributed by atoms with Gasteiger partial charge in [-0.2, -0.15) is 0 Å². The van der Waals surface area contributed by atoms with Crippen molar-refractivity contribution in [2.45, 2.75) is 46.5 Å². The Morgan fingerprint density at radius 3 is 2.58 bits per heavy atom. The molecule has 1 aliphatic heterocycles. The minimum absolute atomic E-state index is 0.111. The predicted octanol–water partition coefficient (Wildman–Crippen LogP) is 5.36. The second-order valence-corrected chi connectivity index (χ2v) is 9.46. The lowest BCUT2D eigenvalue weighted by atomic mass is 9.85. The smallest absolute Gasteiger partial charge is 0.340 e. The Kier molecular flexibility index (Phi) is 4.74. The number of benzene rings is 2. The average molecular weight is 447 g/mol. The molecule has 7 heteroatoms. The molecule has 1 amide bonds. The molecular formula is C26H25NO6. The van der Waals surface area contributed by atoms with Crippen LogP contribution in [-0.4, -0.2) is 12.7 Å². The van der Waals surface area contributed by atoms with Crippen molar-refractivity contribution in [3.63, 3.8) is 0 Å². The number of hydrogen-bond acceptors (Lipinski definition) is 6. The van der Waals surface area contributed by atoms with Gasteiger partial charge in [0.1, 0.15) is 11.2 Å². The summed E-state index contributed by atoms with van der Waals surface area (Å²) in [5.74, 6) is 0.868. The number of ether oxygens (including phenoxy) is 2. The standard InChI is InChI=1S/C26H25NO6/c1-13-8-20-23(24-22(13)17(11-30-24)26(3,4)5)14(2)16(25(29)33-20)10-21(28)27-15-6-7-18-19(9-15)32-12-31-18/h6-9,11H,10,12H2,1-5H3,(H,27,28). The fourth-order valence-corrected chi connectivity index (χ4v) is 4.38. The van der Waals surface area contributed by atoms with Gasteiger partial charge in [-0.1, -0.05) is 20.8 Å². The summed E-state index contributed by atoms with van der Waals surface area (Å²) >= 11 is 0. The average Bonchev–Trinajstić information content (AvgIpc) is 3.37. The zero-order valence-corrected chi connectivity index (χ0v) is 19.3. The Balaban J connectivity index is 1.55. The SMILES string of the molecule is Cc1cc2oc(=O)c(CC(=O)Nc3ccc4c(c3)OCO4)c(C)c2c2occ(C(C)(C)C)c12. The van der Waals surface area contributed by atoms with Gasteiger partial charge in [0.05, 0.1) is 23.6 Å². The molecule has 0 atom stereocenters. The molecule has 33 heavy (non-hydrogen) atoms. The summed E-state index contributed by atoms with van der Waals surface area (Å²) < 4.78 is 22.3. The highest BCUT2D eigenvalue weighted by Gasteiger charge is 2.25. The number of fused-ring (bicyclic) bond motifs is 4. The van der Waals surface area contributed by atoms with Crippen LogP contribution in [0.3, 0.4) is 0 Å². The van der Waals surface area contributed by atoms with Crippen molar-refractivity contribution < 1.29 is 23.1 Å². The van der Waals surface area contributed by atoms with Crippen molar-refractivity contribution in [3.8, 4) is 11.5 Å². The summed E-state index contributed by atoms with van der Waals surface area (Å²) in [4.78, 5) is 25.6. The molecular weight excluding hydrogens is 422 g/mol. The summed E-state index contributed by atoms with van der Waals surface area (Å²) in [6.45, 7) is 10.4. The van der Waals surface area contributed by atoms with E-state index in [1.165, 1.54) is 0 Å². The Hall–Kier alpha value is -3.74. The minimum atomic E-state index is -0.526. The van der Waals surface area contributed by atoms with Gasteiger partial charge in [-0.3, -0.25) is 4.79 Å². The fraction of sp³-hybridized carbons (Fsp3) is 0.308. The summed E-state index contributed by atoms with van der Waals surface area (Å²) in [6.07, 6.45) is 1.65. The largest absolute Gasteiger partial charge is 0.463 e. The van der Waals surface area contributed by atoms with Crippen LogP contribution in [0, 0.1) is 13.8 Å². The molecule has 7 nitrogen and oxygen atoms in total. The van der Waals surface area contributed by atoms with E-state index in [1.54, 1.807) is 24.5 Å². The van der Waals surface area contributed by atoms with Crippen LogP contribution in [0.1, 0.15) is 43.0 Å². The lowest BCUT2D eigenvalue weighted by Gasteiger charge is -2.17. The number of amides is 1. The molecule has 0 fully saturated rings. The van der Waals surface area contributed by atoms with E-state index < -0.39 is 5.63 Å². The first kappa shape index (κ1) is 21.1. The van der Waals surface area contributed by atoms with Gasteiger partial charge >= 0.3 is 5.63 Å². The lowest BCUT2D eigenvalue weighted by molar-refractivity contribution is -0.115. The summed E-state index contributed by atoms with van der Waals surface area (Å²) in [5, 5.41) is 4.55. The molecule has 0 saturated carbocycles. The molecule has 1 N–H and O–H groups in total. The van der Waals surface area contributed by atoms with Crippen LogP contribution < -0.4 is 20.4 Å². The predicted molar refractivity (Wildman–Crippen MR) is 125 cm³/mol. The van der Waals surface area contributed by atoms with Gasteiger partial charge in [0.25, 0.3) is 0 Å². The summed E-state index contributed by atoms with van der Waals surface area (Å²) in [6, 6.07) is 7.02. The van der Waals surface area contributed by atoms with Gasteiger partial charge in [-0.15, -0.1) is 0 Å². The Labute approximate surface area is 190 Å². The molecule has 5 rings (SSSR count). The van der Waals surface area contributed by atoms with E-state index in [-0.39, 0.29) is 24.5 Å². The van der Waals surface area contributed by atoms with E-state index in [2.05, 4.69) is 26.1 Å². The number of hydrogen-bond donors (Lipinski definition) is 1. The van der Waals surface area contributed by atoms with E-state index in [9.17, 15) is 9.59 Å². The topological polar surface area (TPSA) is 90.9 Å². The van der Waals surface area contributed by atoms with Crippen molar-refractivity contribution in [2.24, 2.45) is 0 Å². The molecule has 0 spiro atoms. The van der Waals surface area contributed by atoms with Gasteiger partial charge in [0, 0.05) is 22.7 Å². The van der Waals surface area contributed by atoms with Crippen molar-refractivity contribution in [3.05, 3.63) is 63.2 Å². The number of nitrogens with one attached hydrogen (secondary N) is 1. The number of rotatable bonds is 3. The number of carbonyl (C=O) groups excluding carboxylic acids is 1. The van der Waals surface area contributed by atoms with Crippen LogP contribution in [0.2, 0.25) is 0 Å². The van der Waals surface area contributed by atoms with Gasteiger partial charge in [-0.05, 0) is 48.6 Å². The molecule has 2 aromatic carbocycles. The molecule has 0 aliphatic carbocycles. The van der Waals surface area contributed by atoms with Gasteiger partial charge in [0.15, 0.2) is 11.5 Å². The maximum atomic E-state index is 12.8. The number of aryl methyl sites for hydroxylation is 2. The van der Waals surface area contributed by atoms with Crippen LogP contribution in [0.15, 0.2) is 44.2 Å². The van der Waals surface area contributed by atoms with Crippen LogP contribution >= 0.6 is 0 Å². The van der Waals surface area contributed by atoms with Gasteiger partial charge in [0.2, 0.25) is 12.7 Å². The zero-order valence-electron chi connectivity index (χ0n) is 19.3. The van der Waals surface area contributed by atoms with Crippen LogP contribution in [0.25, 0.3) is 21.9 Å². The first-order valence-corrected chi connectivity index (χ1v) is 10.8. The molecule has 0 saturated heterocycles. The molecule has 0 unspecified atom stereocenters. The number of furan rings is 1. The lowest BCUT2D eigenvalue weighted by Crippen LogP contribution is -2.20. The molecule has 170 valence electrons. The second kappa shape index (κ2) is 7.40. The van der Waals surface area contributed by atoms with Crippen molar-refractivity contribution >= 4 is 33.5 Å².